The van der Waals surface area contributed by atoms with E-state index in [1.165, 1.54) is 6.92 Å². The minimum atomic E-state index is -0.337. The number of carbonyl (C=O) groups excluding carboxylic acids is 1. The number of ether oxygens (including phenoxy) is 2. The van der Waals surface area contributed by atoms with Crippen LogP contribution in [0.15, 0.2) is 24.3 Å². The first-order valence-electron chi connectivity index (χ1n) is 4.38. The van der Waals surface area contributed by atoms with Crippen LogP contribution < -0.4 is 9.47 Å². The second kappa shape index (κ2) is 3.54. The molecule has 0 bridgehead atoms. The van der Waals surface area contributed by atoms with Crippen molar-refractivity contribution < 1.29 is 14.3 Å². The minimum absolute atomic E-state index is 0.337. The van der Waals surface area contributed by atoms with Crippen molar-refractivity contribution in [2.24, 2.45) is 0 Å². The number of fused-ring (bicyclic) bond motifs is 1. The summed E-state index contributed by atoms with van der Waals surface area (Å²) in [6, 6.07) is 5.47. The lowest BCUT2D eigenvalue weighted by atomic mass is 10.1. The van der Waals surface area contributed by atoms with E-state index in [9.17, 15) is 4.79 Å². The van der Waals surface area contributed by atoms with Gasteiger partial charge in [-0.2, -0.15) is 0 Å². The maximum absolute atomic E-state index is 10.8. The zero-order valence-corrected chi connectivity index (χ0v) is 7.82. The highest BCUT2D eigenvalue weighted by Gasteiger charge is 2.12. The van der Waals surface area contributed by atoms with E-state index in [-0.39, 0.29) is 5.97 Å². The van der Waals surface area contributed by atoms with Crippen molar-refractivity contribution in [1.29, 1.82) is 0 Å². The quantitative estimate of drug-likeness (QED) is 0.502. The number of hydrogen-bond acceptors (Lipinski definition) is 3. The van der Waals surface area contributed by atoms with Gasteiger partial charge >= 0.3 is 5.97 Å². The first kappa shape index (κ1) is 8.81. The van der Waals surface area contributed by atoms with Gasteiger partial charge in [-0.15, -0.1) is 0 Å². The zero-order chi connectivity index (χ0) is 9.97. The van der Waals surface area contributed by atoms with Gasteiger partial charge in [0.25, 0.3) is 0 Å². The van der Waals surface area contributed by atoms with Crippen LogP contribution in [0.2, 0.25) is 0 Å². The normalized spacial score (nSPS) is 12.9. The predicted octanol–water partition coefficient (Wildman–Crippen LogP) is 2.02. The van der Waals surface area contributed by atoms with Crippen LogP contribution in [-0.2, 0) is 4.79 Å². The molecule has 2 rings (SSSR count). The summed E-state index contributed by atoms with van der Waals surface area (Å²) in [7, 11) is 0. The number of benzene rings is 1. The Bertz CT molecular complexity index is 394. The number of rotatable bonds is 1. The molecule has 3 nitrogen and oxygen atoms in total. The highest BCUT2D eigenvalue weighted by atomic mass is 16.6. The Balaban J connectivity index is 2.41. The summed E-state index contributed by atoms with van der Waals surface area (Å²) in [5, 5.41) is 0. The van der Waals surface area contributed by atoms with Crippen molar-refractivity contribution >= 4 is 12.0 Å². The van der Waals surface area contributed by atoms with Gasteiger partial charge in [0.15, 0.2) is 11.5 Å². The molecule has 0 spiro atoms. The van der Waals surface area contributed by atoms with E-state index in [0.717, 1.165) is 5.56 Å². The topological polar surface area (TPSA) is 35.5 Å². The number of esters is 1. The molecule has 1 aliphatic heterocycles. The van der Waals surface area contributed by atoms with E-state index in [2.05, 4.69) is 0 Å². The smallest absolute Gasteiger partial charge is 0.308 e. The molecule has 0 atom stereocenters. The third-order valence-corrected chi connectivity index (χ3v) is 1.88. The molecule has 14 heavy (non-hydrogen) atoms. The van der Waals surface area contributed by atoms with Gasteiger partial charge in [-0.1, -0.05) is 18.2 Å². The van der Waals surface area contributed by atoms with Crippen LogP contribution in [0.3, 0.4) is 0 Å². The van der Waals surface area contributed by atoms with E-state index in [1.807, 2.05) is 24.3 Å². The van der Waals surface area contributed by atoms with Crippen molar-refractivity contribution in [3.8, 4) is 11.5 Å². The molecule has 72 valence electrons. The van der Waals surface area contributed by atoms with E-state index < -0.39 is 0 Å². The Hall–Kier alpha value is -1.77. The van der Waals surface area contributed by atoms with Gasteiger partial charge in [-0.3, -0.25) is 4.79 Å². The van der Waals surface area contributed by atoms with Gasteiger partial charge in [0.1, 0.15) is 6.61 Å². The summed E-state index contributed by atoms with van der Waals surface area (Å²) < 4.78 is 10.4. The fourth-order valence-electron chi connectivity index (χ4n) is 1.36. The fraction of sp³-hybridized carbons (Fsp3) is 0.182. The monoisotopic (exact) mass is 190 g/mol. The Kier molecular flexibility index (Phi) is 2.23. The molecule has 0 saturated heterocycles. The van der Waals surface area contributed by atoms with E-state index in [1.54, 1.807) is 6.07 Å². The van der Waals surface area contributed by atoms with Crippen LogP contribution >= 0.6 is 0 Å². The Morgan fingerprint density at radius 2 is 2.36 bits per heavy atom. The molecule has 0 N–H and O–H groups in total. The van der Waals surface area contributed by atoms with Crippen molar-refractivity contribution in [3.63, 3.8) is 0 Å². The first-order chi connectivity index (χ1) is 6.77. The van der Waals surface area contributed by atoms with Crippen molar-refractivity contribution in [2.45, 2.75) is 6.92 Å². The van der Waals surface area contributed by atoms with Crippen molar-refractivity contribution in [1.82, 2.24) is 0 Å². The Labute approximate surface area is 81.9 Å². The third kappa shape index (κ3) is 1.62. The summed E-state index contributed by atoms with van der Waals surface area (Å²) in [5.74, 6) is 0.793. The second-order valence-electron chi connectivity index (χ2n) is 2.98. The van der Waals surface area contributed by atoms with Gasteiger partial charge in [0.05, 0.1) is 0 Å². The van der Waals surface area contributed by atoms with Gasteiger partial charge < -0.3 is 9.47 Å². The lowest BCUT2D eigenvalue weighted by Crippen LogP contribution is -2.06. The molecule has 0 unspecified atom stereocenters. The van der Waals surface area contributed by atoms with Gasteiger partial charge in [-0.25, -0.2) is 0 Å². The predicted molar refractivity (Wildman–Crippen MR) is 52.3 cm³/mol. The molecule has 0 aliphatic carbocycles. The highest BCUT2D eigenvalue weighted by Crippen LogP contribution is 2.34. The van der Waals surface area contributed by atoms with Crippen LogP contribution in [0.4, 0.5) is 0 Å². The molecule has 1 aromatic carbocycles. The number of carbonyl (C=O) groups is 1. The second-order valence-corrected chi connectivity index (χ2v) is 2.98. The highest BCUT2D eigenvalue weighted by molar-refractivity contribution is 5.72. The Morgan fingerprint density at radius 1 is 1.50 bits per heavy atom. The zero-order valence-electron chi connectivity index (χ0n) is 7.82. The number of hydrogen-bond donors (Lipinski definition) is 0. The molecule has 1 aliphatic rings. The lowest BCUT2D eigenvalue weighted by molar-refractivity contribution is -0.132. The molecule has 1 heterocycles. The SMILES string of the molecule is CC(=O)Oc1cccc2c1OCC=C2. The standard InChI is InChI=1S/C11H10O3/c1-8(12)14-10-6-2-4-9-5-3-7-13-11(9)10/h2-6H,7H2,1H3. The molecule has 0 amide bonds. The van der Waals surface area contributed by atoms with Crippen LogP contribution in [0.25, 0.3) is 6.08 Å². The average molecular weight is 190 g/mol. The molecule has 0 fully saturated rings. The number of para-hydroxylation sites is 1. The average Bonchev–Trinajstić information content (AvgIpc) is 2.18. The molecule has 1 aromatic rings. The molecule has 0 aromatic heterocycles. The summed E-state index contributed by atoms with van der Waals surface area (Å²) in [6.45, 7) is 1.89. The van der Waals surface area contributed by atoms with Crippen molar-refractivity contribution in [2.75, 3.05) is 6.61 Å². The largest absolute Gasteiger partial charge is 0.485 e. The van der Waals surface area contributed by atoms with Crippen molar-refractivity contribution in [3.05, 3.63) is 29.8 Å². The van der Waals surface area contributed by atoms with E-state index >= 15 is 0 Å². The van der Waals surface area contributed by atoms with Gasteiger partial charge in [-0.05, 0) is 12.1 Å². The van der Waals surface area contributed by atoms with E-state index in [4.69, 9.17) is 9.47 Å². The third-order valence-electron chi connectivity index (χ3n) is 1.88. The maximum atomic E-state index is 10.8. The van der Waals surface area contributed by atoms with Crippen LogP contribution in [-0.4, -0.2) is 12.6 Å². The van der Waals surface area contributed by atoms with Gasteiger partial charge in [0.2, 0.25) is 0 Å². The summed E-state index contributed by atoms with van der Waals surface area (Å²) in [5.41, 5.74) is 0.940. The maximum Gasteiger partial charge on any atom is 0.308 e. The van der Waals surface area contributed by atoms with Gasteiger partial charge in [0, 0.05) is 12.5 Å². The molecular formula is C11H10O3. The van der Waals surface area contributed by atoms with Crippen LogP contribution in [0.5, 0.6) is 11.5 Å². The Morgan fingerprint density at radius 3 is 3.14 bits per heavy atom. The summed E-state index contributed by atoms with van der Waals surface area (Å²) in [6.07, 6.45) is 3.87. The molecule has 0 radical (unpaired) electrons. The minimum Gasteiger partial charge on any atom is -0.485 e. The van der Waals surface area contributed by atoms with Crippen LogP contribution in [0.1, 0.15) is 12.5 Å². The fourth-order valence-corrected chi connectivity index (χ4v) is 1.36. The molecule has 0 saturated carbocycles. The van der Waals surface area contributed by atoms with E-state index in [0.29, 0.717) is 18.1 Å². The first-order valence-corrected chi connectivity index (χ1v) is 4.38. The lowest BCUT2D eigenvalue weighted by Gasteiger charge is -2.15. The molecule has 3 heteroatoms. The van der Waals surface area contributed by atoms with Crippen LogP contribution in [0, 0.1) is 0 Å². The summed E-state index contributed by atoms with van der Waals surface area (Å²) in [4.78, 5) is 10.8. The molecular weight excluding hydrogens is 180 g/mol. The summed E-state index contributed by atoms with van der Waals surface area (Å²) >= 11 is 0.